The van der Waals surface area contributed by atoms with Gasteiger partial charge in [-0.3, -0.25) is 0 Å². The average Bonchev–Trinajstić information content (AvgIpc) is 2.56. The second-order valence-electron chi connectivity index (χ2n) is 10.8. The van der Waals surface area contributed by atoms with E-state index in [0.717, 1.165) is 25.7 Å². The van der Waals surface area contributed by atoms with Crippen molar-refractivity contribution in [2.75, 3.05) is 40.6 Å². The van der Waals surface area contributed by atoms with Crippen molar-refractivity contribution in [3.8, 4) is 0 Å². The van der Waals surface area contributed by atoms with E-state index in [2.05, 4.69) is 55.4 Å². The molecular weight excluding hydrogens is 364 g/mol. The molecule has 176 valence electrons. The van der Waals surface area contributed by atoms with Crippen molar-refractivity contribution in [1.29, 1.82) is 0 Å². The molecule has 0 aliphatic heterocycles. The van der Waals surface area contributed by atoms with Gasteiger partial charge in [0.2, 0.25) is 0 Å². The minimum atomic E-state index is -0.276. The lowest BCUT2D eigenvalue weighted by molar-refractivity contribution is -0.127. The van der Waals surface area contributed by atoms with Crippen LogP contribution in [0.25, 0.3) is 0 Å². The molecule has 29 heavy (non-hydrogen) atoms. The summed E-state index contributed by atoms with van der Waals surface area (Å²) in [6, 6.07) is 0. The third-order valence-electron chi connectivity index (χ3n) is 5.09. The molecule has 0 radical (unpaired) electrons. The molecule has 0 saturated carbocycles. The molecule has 0 rings (SSSR count). The summed E-state index contributed by atoms with van der Waals surface area (Å²) in [6.07, 6.45) is 4.86. The van der Waals surface area contributed by atoms with Crippen LogP contribution in [0, 0.1) is 29.1 Å². The van der Waals surface area contributed by atoms with E-state index >= 15 is 0 Å². The number of hydrogen-bond donors (Lipinski definition) is 0. The number of methoxy groups -OCH3 is 2. The lowest BCUT2D eigenvalue weighted by atomic mass is 9.90. The van der Waals surface area contributed by atoms with Gasteiger partial charge in [-0.2, -0.15) is 0 Å². The van der Waals surface area contributed by atoms with Crippen LogP contribution in [0.4, 0.5) is 0 Å². The predicted molar refractivity (Wildman–Crippen MR) is 123 cm³/mol. The van der Waals surface area contributed by atoms with Gasteiger partial charge in [-0.25, -0.2) is 0 Å². The van der Waals surface area contributed by atoms with Gasteiger partial charge in [0, 0.05) is 14.2 Å². The van der Waals surface area contributed by atoms with Crippen LogP contribution in [0.15, 0.2) is 0 Å². The summed E-state index contributed by atoms with van der Waals surface area (Å²) < 4.78 is 24.2. The van der Waals surface area contributed by atoms with E-state index in [1.165, 1.54) is 0 Å². The molecule has 0 aliphatic carbocycles. The summed E-state index contributed by atoms with van der Waals surface area (Å²) >= 11 is 0. The highest BCUT2D eigenvalue weighted by Gasteiger charge is 2.34. The first-order valence-corrected chi connectivity index (χ1v) is 11.7. The molecule has 0 aromatic rings. The Labute approximate surface area is 182 Å². The van der Waals surface area contributed by atoms with Crippen molar-refractivity contribution in [2.45, 2.75) is 93.3 Å². The third-order valence-corrected chi connectivity index (χ3v) is 5.09. The third kappa shape index (κ3) is 14.5. The van der Waals surface area contributed by atoms with Crippen molar-refractivity contribution < 1.29 is 18.9 Å². The van der Waals surface area contributed by atoms with Crippen molar-refractivity contribution in [3.63, 3.8) is 0 Å². The lowest BCUT2D eigenvalue weighted by Crippen LogP contribution is -2.43. The van der Waals surface area contributed by atoms with E-state index < -0.39 is 0 Å². The zero-order chi connectivity index (χ0) is 22.4. The van der Waals surface area contributed by atoms with E-state index in [0.29, 0.717) is 50.1 Å². The van der Waals surface area contributed by atoms with Gasteiger partial charge in [-0.1, -0.05) is 55.4 Å². The normalized spacial score (nSPS) is 13.2. The van der Waals surface area contributed by atoms with Crippen molar-refractivity contribution in [2.24, 2.45) is 29.1 Å². The Balaban J connectivity index is 5.21. The zero-order valence-corrected chi connectivity index (χ0v) is 21.3. The van der Waals surface area contributed by atoms with Gasteiger partial charge in [0.05, 0.1) is 44.1 Å². The Morgan fingerprint density at radius 3 is 0.966 bits per heavy atom. The molecule has 0 aliphatic rings. The second-order valence-corrected chi connectivity index (χ2v) is 10.8. The van der Waals surface area contributed by atoms with Crippen LogP contribution in [0.3, 0.4) is 0 Å². The zero-order valence-electron chi connectivity index (χ0n) is 21.3. The van der Waals surface area contributed by atoms with Crippen LogP contribution < -0.4 is 0 Å². The number of rotatable bonds is 18. The molecule has 0 spiro atoms. The average molecular weight is 417 g/mol. The highest BCUT2D eigenvalue weighted by Crippen LogP contribution is 2.26. The maximum Gasteiger partial charge on any atom is 0.0637 e. The molecule has 4 heteroatoms. The van der Waals surface area contributed by atoms with E-state index in [1.807, 2.05) is 0 Å². The molecule has 0 fully saturated rings. The Kier molecular flexibility index (Phi) is 15.5. The first kappa shape index (κ1) is 28.8. The summed E-state index contributed by atoms with van der Waals surface area (Å²) in [7, 11) is 3.51. The van der Waals surface area contributed by atoms with Crippen LogP contribution in [0.1, 0.15) is 81.1 Å². The second kappa shape index (κ2) is 15.6. The topological polar surface area (TPSA) is 36.9 Å². The summed E-state index contributed by atoms with van der Waals surface area (Å²) in [5.74, 6) is 2.48. The highest BCUT2D eigenvalue weighted by atomic mass is 16.5. The highest BCUT2D eigenvalue weighted by molar-refractivity contribution is 4.81. The van der Waals surface area contributed by atoms with Crippen molar-refractivity contribution in [3.05, 3.63) is 0 Å². The minimum Gasteiger partial charge on any atom is -0.384 e. The van der Waals surface area contributed by atoms with Crippen molar-refractivity contribution in [1.82, 2.24) is 0 Å². The fourth-order valence-electron chi connectivity index (χ4n) is 4.02. The molecule has 0 N–H and O–H groups in total. The Morgan fingerprint density at radius 1 is 0.483 bits per heavy atom. The van der Waals surface area contributed by atoms with Gasteiger partial charge in [0.25, 0.3) is 0 Å². The van der Waals surface area contributed by atoms with Crippen LogP contribution >= 0.6 is 0 Å². The van der Waals surface area contributed by atoms with E-state index in [1.54, 1.807) is 14.2 Å². The maximum absolute atomic E-state index is 6.49. The molecule has 0 aromatic heterocycles. The van der Waals surface area contributed by atoms with Crippen LogP contribution in [-0.2, 0) is 18.9 Å². The fraction of sp³-hybridized carbons (Fsp3) is 1.00. The monoisotopic (exact) mass is 416 g/mol. The SMILES string of the molecule is COCC(COC)(COC(CC(C)C)CC(C)C)COC(CC(C)C)CC(C)C. The molecule has 0 atom stereocenters. The Hall–Kier alpha value is -0.160. The van der Waals surface area contributed by atoms with Gasteiger partial charge in [-0.15, -0.1) is 0 Å². The van der Waals surface area contributed by atoms with Gasteiger partial charge >= 0.3 is 0 Å². The molecule has 0 aromatic carbocycles. The lowest BCUT2D eigenvalue weighted by Gasteiger charge is -2.36. The largest absolute Gasteiger partial charge is 0.384 e. The Morgan fingerprint density at radius 2 is 0.759 bits per heavy atom. The van der Waals surface area contributed by atoms with Gasteiger partial charge < -0.3 is 18.9 Å². The molecule has 0 bridgehead atoms. The van der Waals surface area contributed by atoms with Crippen LogP contribution in [-0.4, -0.2) is 52.9 Å². The van der Waals surface area contributed by atoms with Gasteiger partial charge in [-0.05, 0) is 49.4 Å². The van der Waals surface area contributed by atoms with Crippen LogP contribution in [0.5, 0.6) is 0 Å². The minimum absolute atomic E-state index is 0.269. The predicted octanol–water partition coefficient (Wildman–Crippen LogP) is 6.22. The summed E-state index contributed by atoms with van der Waals surface area (Å²) in [4.78, 5) is 0. The van der Waals surface area contributed by atoms with Gasteiger partial charge in [0.1, 0.15) is 0 Å². The van der Waals surface area contributed by atoms with Crippen molar-refractivity contribution >= 4 is 0 Å². The first-order valence-electron chi connectivity index (χ1n) is 11.7. The Bertz CT molecular complexity index is 323. The molecule has 0 heterocycles. The maximum atomic E-state index is 6.49. The van der Waals surface area contributed by atoms with Crippen LogP contribution in [0.2, 0.25) is 0 Å². The summed E-state index contributed by atoms with van der Waals surface area (Å²) in [5.41, 5.74) is -0.276. The summed E-state index contributed by atoms with van der Waals surface area (Å²) in [5, 5.41) is 0. The molecule has 0 unspecified atom stereocenters. The van der Waals surface area contributed by atoms with E-state index in [4.69, 9.17) is 18.9 Å². The number of ether oxygens (including phenoxy) is 4. The smallest absolute Gasteiger partial charge is 0.0637 e. The van der Waals surface area contributed by atoms with Gasteiger partial charge in [0.15, 0.2) is 0 Å². The fourth-order valence-corrected chi connectivity index (χ4v) is 4.02. The first-order chi connectivity index (χ1) is 13.5. The standard InChI is InChI=1S/C25H52O4/c1-19(2)11-23(12-20(3)4)28-17-25(15-26-9,16-27-10)18-29-24(13-21(5)6)14-22(7)8/h19-24H,11-18H2,1-10H3. The molecule has 4 nitrogen and oxygen atoms in total. The molecular formula is C25H52O4. The number of hydrogen-bond acceptors (Lipinski definition) is 4. The quantitative estimate of drug-likeness (QED) is 0.266. The van der Waals surface area contributed by atoms with E-state index in [-0.39, 0.29) is 17.6 Å². The summed E-state index contributed by atoms with van der Waals surface area (Å²) in [6.45, 7) is 20.5. The molecule has 0 saturated heterocycles. The molecule has 0 amide bonds. The van der Waals surface area contributed by atoms with E-state index in [9.17, 15) is 0 Å².